The Hall–Kier alpha value is -2.73. The normalized spacial score (nSPS) is 11.1. The molecule has 0 bridgehead atoms. The predicted octanol–water partition coefficient (Wildman–Crippen LogP) is 4.96. The maximum Gasteiger partial charge on any atom is 0.302 e. The summed E-state index contributed by atoms with van der Waals surface area (Å²) in [6.45, 7) is 4.03. The first-order valence-corrected chi connectivity index (χ1v) is 8.66. The zero-order valence-electron chi connectivity index (χ0n) is 13.4. The first-order valence-electron chi connectivity index (χ1n) is 7.78. The molecule has 3 heterocycles. The second-order valence-electron chi connectivity index (χ2n) is 5.40. The number of hydrogen-bond donors (Lipinski definition) is 1. The first-order chi connectivity index (χ1) is 11.7. The molecule has 120 valence electrons. The van der Waals surface area contributed by atoms with Gasteiger partial charge < -0.3 is 4.42 Å². The summed E-state index contributed by atoms with van der Waals surface area (Å²) >= 11 is 1.64. The fourth-order valence-corrected chi connectivity index (χ4v) is 3.41. The lowest BCUT2D eigenvalue weighted by atomic mass is 10.1. The van der Waals surface area contributed by atoms with Crippen molar-refractivity contribution in [3.8, 4) is 11.3 Å². The highest BCUT2D eigenvalue weighted by Gasteiger charge is 2.15. The van der Waals surface area contributed by atoms with Crippen molar-refractivity contribution < 1.29 is 4.42 Å². The highest BCUT2D eigenvalue weighted by Crippen LogP contribution is 2.28. The zero-order chi connectivity index (χ0) is 16.5. The molecule has 5 nitrogen and oxygen atoms in total. The van der Waals surface area contributed by atoms with Crippen molar-refractivity contribution in [1.29, 1.82) is 0 Å². The minimum absolute atomic E-state index is 0.416. The smallest absolute Gasteiger partial charge is 0.302 e. The molecule has 4 aromatic rings. The van der Waals surface area contributed by atoms with Gasteiger partial charge >= 0.3 is 6.01 Å². The summed E-state index contributed by atoms with van der Waals surface area (Å²) in [6, 6.07) is 12.4. The molecule has 0 aliphatic carbocycles. The molecule has 1 N–H and O–H groups in total. The fourth-order valence-electron chi connectivity index (χ4n) is 2.63. The number of fused-ring (bicyclic) bond motifs is 1. The summed E-state index contributed by atoms with van der Waals surface area (Å²) in [5.74, 6) is 1.35. The molecule has 0 saturated heterocycles. The number of nitrogens with one attached hydrogen (secondary N) is 1. The molecule has 3 aromatic heterocycles. The van der Waals surface area contributed by atoms with Crippen LogP contribution >= 0.6 is 11.3 Å². The summed E-state index contributed by atoms with van der Waals surface area (Å²) in [4.78, 5) is 13.6. The van der Waals surface area contributed by atoms with Gasteiger partial charge in [-0.25, -0.2) is 9.97 Å². The summed E-state index contributed by atoms with van der Waals surface area (Å²) in [5.41, 5.74) is 3.77. The lowest BCUT2D eigenvalue weighted by molar-refractivity contribution is 0.528. The third-order valence-corrected chi connectivity index (χ3v) is 4.77. The summed E-state index contributed by atoms with van der Waals surface area (Å²) in [6.07, 6.45) is 0.766. The van der Waals surface area contributed by atoms with Crippen molar-refractivity contribution in [2.45, 2.75) is 20.3 Å². The number of oxazole rings is 1. The van der Waals surface area contributed by atoms with E-state index in [0.717, 1.165) is 39.3 Å². The van der Waals surface area contributed by atoms with Crippen molar-refractivity contribution in [3.63, 3.8) is 0 Å². The highest BCUT2D eigenvalue weighted by molar-refractivity contribution is 7.17. The lowest BCUT2D eigenvalue weighted by Gasteiger charge is -2.02. The van der Waals surface area contributed by atoms with Gasteiger partial charge in [0.2, 0.25) is 5.95 Å². The van der Waals surface area contributed by atoms with E-state index < -0.39 is 0 Å². The molecule has 0 amide bonds. The number of benzene rings is 1. The molecule has 0 aliphatic rings. The van der Waals surface area contributed by atoms with E-state index in [1.54, 1.807) is 11.3 Å². The Morgan fingerprint density at radius 3 is 2.71 bits per heavy atom. The maximum absolute atomic E-state index is 5.86. The van der Waals surface area contributed by atoms with Crippen molar-refractivity contribution in [2.75, 3.05) is 5.32 Å². The minimum atomic E-state index is 0.416. The molecule has 0 aliphatic heterocycles. The molecule has 0 unspecified atom stereocenters. The molecule has 0 spiro atoms. The predicted molar refractivity (Wildman–Crippen MR) is 96.8 cm³/mol. The van der Waals surface area contributed by atoms with E-state index in [1.165, 1.54) is 0 Å². The highest BCUT2D eigenvalue weighted by atomic mass is 32.1. The van der Waals surface area contributed by atoms with Crippen LogP contribution in [0.25, 0.3) is 21.5 Å². The van der Waals surface area contributed by atoms with E-state index in [9.17, 15) is 0 Å². The Bertz CT molecular complexity index is 991. The summed E-state index contributed by atoms with van der Waals surface area (Å²) < 4.78 is 6.96. The standard InChI is InChI=1S/C18H16N4OS/c1-3-14-15(12-7-5-4-6-8-12)21-18(23-14)22-17-19-11(2)16-13(20-17)9-10-24-16/h4-10H,3H2,1-2H3,(H,19,20,21,22). The Morgan fingerprint density at radius 2 is 1.92 bits per heavy atom. The van der Waals surface area contributed by atoms with Gasteiger partial charge in [0.1, 0.15) is 11.5 Å². The average molecular weight is 336 g/mol. The second-order valence-corrected chi connectivity index (χ2v) is 6.32. The van der Waals surface area contributed by atoms with E-state index in [-0.39, 0.29) is 0 Å². The minimum Gasteiger partial charge on any atom is -0.428 e. The average Bonchev–Trinajstić information content (AvgIpc) is 3.22. The van der Waals surface area contributed by atoms with E-state index in [4.69, 9.17) is 4.42 Å². The summed E-state index contributed by atoms with van der Waals surface area (Å²) in [7, 11) is 0. The maximum atomic E-state index is 5.86. The van der Waals surface area contributed by atoms with Crippen molar-refractivity contribution in [1.82, 2.24) is 15.0 Å². The fraction of sp³-hybridized carbons (Fsp3) is 0.167. The third kappa shape index (κ3) is 2.65. The van der Waals surface area contributed by atoms with Crippen LogP contribution in [0.4, 0.5) is 12.0 Å². The monoisotopic (exact) mass is 336 g/mol. The quantitative estimate of drug-likeness (QED) is 0.570. The third-order valence-electron chi connectivity index (χ3n) is 3.76. The van der Waals surface area contributed by atoms with E-state index >= 15 is 0 Å². The molecule has 24 heavy (non-hydrogen) atoms. The SMILES string of the molecule is CCc1oc(Nc2nc(C)c3sccc3n2)nc1-c1ccccc1. The van der Waals surface area contributed by atoms with Crippen LogP contribution in [0.2, 0.25) is 0 Å². The topological polar surface area (TPSA) is 63.8 Å². The Kier molecular flexibility index (Phi) is 3.74. The van der Waals surface area contributed by atoms with Crippen molar-refractivity contribution in [2.24, 2.45) is 0 Å². The van der Waals surface area contributed by atoms with Crippen LogP contribution < -0.4 is 5.32 Å². The van der Waals surface area contributed by atoms with Crippen molar-refractivity contribution >= 4 is 33.5 Å². The van der Waals surface area contributed by atoms with Crippen molar-refractivity contribution in [3.05, 3.63) is 53.2 Å². The van der Waals surface area contributed by atoms with Gasteiger partial charge in [-0.2, -0.15) is 4.98 Å². The number of aryl methyl sites for hydroxylation is 2. The van der Waals surface area contributed by atoms with Gasteiger partial charge in [-0.1, -0.05) is 37.3 Å². The van der Waals surface area contributed by atoms with Gasteiger partial charge in [-0.15, -0.1) is 11.3 Å². The molecule has 1 aromatic carbocycles. The van der Waals surface area contributed by atoms with Gasteiger partial charge in [0.25, 0.3) is 0 Å². The molecular formula is C18H16N4OS. The van der Waals surface area contributed by atoms with Gasteiger partial charge in [0, 0.05) is 12.0 Å². The molecule has 0 atom stereocenters. The van der Waals surface area contributed by atoms with Gasteiger partial charge in [0.15, 0.2) is 0 Å². The Morgan fingerprint density at radius 1 is 1.08 bits per heavy atom. The largest absolute Gasteiger partial charge is 0.428 e. The number of thiophene rings is 1. The molecule has 0 saturated carbocycles. The van der Waals surface area contributed by atoms with Gasteiger partial charge in [0.05, 0.1) is 15.9 Å². The molecular weight excluding hydrogens is 320 g/mol. The van der Waals surface area contributed by atoms with Crippen LogP contribution in [0.1, 0.15) is 18.4 Å². The number of anilines is 2. The molecule has 0 radical (unpaired) electrons. The second kappa shape index (κ2) is 6.05. The number of aromatic nitrogens is 3. The molecule has 4 rings (SSSR count). The molecule has 0 fully saturated rings. The van der Waals surface area contributed by atoms with Crippen LogP contribution in [-0.4, -0.2) is 15.0 Å². The van der Waals surface area contributed by atoms with Crippen LogP contribution in [0, 0.1) is 6.92 Å². The number of rotatable bonds is 4. The first kappa shape index (κ1) is 14.8. The van der Waals surface area contributed by atoms with Gasteiger partial charge in [-0.05, 0) is 18.4 Å². The van der Waals surface area contributed by atoms with E-state index in [2.05, 4.69) is 27.2 Å². The lowest BCUT2D eigenvalue weighted by Crippen LogP contribution is -1.98. The van der Waals surface area contributed by atoms with E-state index in [1.807, 2.05) is 48.7 Å². The van der Waals surface area contributed by atoms with Crippen LogP contribution in [-0.2, 0) is 6.42 Å². The number of nitrogens with zero attached hydrogens (tertiary/aromatic N) is 3. The molecule has 6 heteroatoms. The van der Waals surface area contributed by atoms with E-state index in [0.29, 0.717) is 12.0 Å². The van der Waals surface area contributed by atoms with Crippen LogP contribution in [0.15, 0.2) is 46.2 Å². The number of hydrogen-bond acceptors (Lipinski definition) is 6. The Labute approximate surface area is 143 Å². The summed E-state index contributed by atoms with van der Waals surface area (Å²) in [5, 5.41) is 5.11. The van der Waals surface area contributed by atoms with Crippen LogP contribution in [0.5, 0.6) is 0 Å². The van der Waals surface area contributed by atoms with Gasteiger partial charge in [-0.3, -0.25) is 5.32 Å². The zero-order valence-corrected chi connectivity index (χ0v) is 14.2. The van der Waals surface area contributed by atoms with Crippen LogP contribution in [0.3, 0.4) is 0 Å². The Balaban J connectivity index is 1.70.